The molecule has 0 heterocycles. The zero-order chi connectivity index (χ0) is 11.5. The van der Waals surface area contributed by atoms with Gasteiger partial charge >= 0.3 is 0 Å². The van der Waals surface area contributed by atoms with Crippen molar-refractivity contribution < 1.29 is 14.7 Å². The zero-order valence-electron chi connectivity index (χ0n) is 9.03. The Bertz CT molecular complexity index is 207. The molecule has 0 aliphatic carbocycles. The lowest BCUT2D eigenvalue weighted by molar-refractivity contribution is -0.122. The van der Waals surface area contributed by atoms with Gasteiger partial charge in [-0.3, -0.25) is 4.79 Å². The number of hydrogen-bond acceptors (Lipinski definition) is 4. The standard InChI is InChI=1S/C9H19N3O3/c1-2-6-15-7-4-9(13)11-5-3-8(10)12-14/h14H,2-7H2,1H3,(H2,10,12)(H,11,13). The van der Waals surface area contributed by atoms with E-state index in [0.29, 0.717) is 32.6 Å². The Kier molecular flexibility index (Phi) is 8.46. The normalized spacial score (nSPS) is 11.4. The molecule has 0 aliphatic heterocycles. The molecular formula is C9H19N3O3. The number of rotatable bonds is 8. The number of ether oxygens (including phenoxy) is 1. The molecule has 1 amide bonds. The van der Waals surface area contributed by atoms with Crippen LogP contribution in [0.15, 0.2) is 5.16 Å². The first kappa shape index (κ1) is 13.7. The molecule has 0 rings (SSSR count). The van der Waals surface area contributed by atoms with Crippen LogP contribution >= 0.6 is 0 Å². The van der Waals surface area contributed by atoms with Crippen molar-refractivity contribution >= 4 is 11.7 Å². The van der Waals surface area contributed by atoms with E-state index in [4.69, 9.17) is 15.7 Å². The summed E-state index contributed by atoms with van der Waals surface area (Å²) >= 11 is 0. The van der Waals surface area contributed by atoms with Crippen molar-refractivity contribution in [2.24, 2.45) is 10.9 Å². The van der Waals surface area contributed by atoms with Crippen LogP contribution in [0.4, 0.5) is 0 Å². The summed E-state index contributed by atoms with van der Waals surface area (Å²) in [6.07, 6.45) is 1.64. The minimum Gasteiger partial charge on any atom is -0.409 e. The summed E-state index contributed by atoms with van der Waals surface area (Å²) in [7, 11) is 0. The van der Waals surface area contributed by atoms with Crippen molar-refractivity contribution in [3.8, 4) is 0 Å². The summed E-state index contributed by atoms with van der Waals surface area (Å²) in [4.78, 5) is 11.1. The van der Waals surface area contributed by atoms with Gasteiger partial charge in [0.15, 0.2) is 0 Å². The first-order chi connectivity index (χ1) is 7.20. The fourth-order valence-electron chi connectivity index (χ4n) is 0.880. The molecule has 0 fully saturated rings. The summed E-state index contributed by atoms with van der Waals surface area (Å²) in [5.74, 6) is 0.0226. The van der Waals surface area contributed by atoms with Gasteiger partial charge in [-0.15, -0.1) is 0 Å². The van der Waals surface area contributed by atoms with Crippen LogP contribution in [0.25, 0.3) is 0 Å². The molecule has 0 saturated carbocycles. The van der Waals surface area contributed by atoms with Crippen molar-refractivity contribution in [1.82, 2.24) is 5.32 Å². The number of nitrogens with one attached hydrogen (secondary N) is 1. The molecule has 15 heavy (non-hydrogen) atoms. The third kappa shape index (κ3) is 9.01. The van der Waals surface area contributed by atoms with Gasteiger partial charge < -0.3 is 21.0 Å². The molecule has 0 aliphatic rings. The predicted molar refractivity (Wildman–Crippen MR) is 56.8 cm³/mol. The molecule has 0 radical (unpaired) electrons. The monoisotopic (exact) mass is 217 g/mol. The quantitative estimate of drug-likeness (QED) is 0.176. The maximum atomic E-state index is 11.1. The fraction of sp³-hybridized carbons (Fsp3) is 0.778. The van der Waals surface area contributed by atoms with Crippen molar-refractivity contribution in [3.05, 3.63) is 0 Å². The van der Waals surface area contributed by atoms with Crippen molar-refractivity contribution in [2.45, 2.75) is 26.2 Å². The number of hydrogen-bond donors (Lipinski definition) is 3. The molecular weight excluding hydrogens is 198 g/mol. The summed E-state index contributed by atoms with van der Waals surface area (Å²) in [6, 6.07) is 0. The second-order valence-corrected chi connectivity index (χ2v) is 3.05. The molecule has 0 aromatic heterocycles. The number of oxime groups is 1. The second-order valence-electron chi connectivity index (χ2n) is 3.05. The molecule has 88 valence electrons. The molecule has 0 unspecified atom stereocenters. The lowest BCUT2D eigenvalue weighted by Crippen LogP contribution is -2.28. The summed E-state index contributed by atoms with van der Waals surface area (Å²) in [6.45, 7) is 3.50. The number of amides is 1. The Morgan fingerprint density at radius 2 is 2.20 bits per heavy atom. The van der Waals surface area contributed by atoms with Crippen LogP contribution in [0.3, 0.4) is 0 Å². The van der Waals surface area contributed by atoms with E-state index < -0.39 is 0 Å². The zero-order valence-corrected chi connectivity index (χ0v) is 9.03. The average molecular weight is 217 g/mol. The Morgan fingerprint density at radius 3 is 2.80 bits per heavy atom. The Balaban J connectivity index is 3.34. The summed E-state index contributed by atoms with van der Waals surface area (Å²) < 4.78 is 5.15. The van der Waals surface area contributed by atoms with E-state index in [2.05, 4.69) is 10.5 Å². The topological polar surface area (TPSA) is 96.9 Å². The Morgan fingerprint density at radius 1 is 1.47 bits per heavy atom. The Labute approximate surface area is 89.5 Å². The highest BCUT2D eigenvalue weighted by Gasteiger charge is 2.00. The smallest absolute Gasteiger partial charge is 0.222 e. The number of carbonyl (C=O) groups is 1. The van der Waals surface area contributed by atoms with E-state index in [-0.39, 0.29) is 11.7 Å². The van der Waals surface area contributed by atoms with Crippen molar-refractivity contribution in [3.63, 3.8) is 0 Å². The van der Waals surface area contributed by atoms with Crippen LogP contribution in [-0.2, 0) is 9.53 Å². The highest BCUT2D eigenvalue weighted by atomic mass is 16.5. The maximum Gasteiger partial charge on any atom is 0.222 e. The van der Waals surface area contributed by atoms with Crippen LogP contribution in [0, 0.1) is 0 Å². The van der Waals surface area contributed by atoms with Crippen LogP contribution in [-0.4, -0.2) is 36.7 Å². The first-order valence-electron chi connectivity index (χ1n) is 5.01. The maximum absolute atomic E-state index is 11.1. The van der Waals surface area contributed by atoms with Crippen LogP contribution in [0.1, 0.15) is 26.2 Å². The van der Waals surface area contributed by atoms with E-state index >= 15 is 0 Å². The molecule has 4 N–H and O–H groups in total. The molecule has 6 nitrogen and oxygen atoms in total. The lowest BCUT2D eigenvalue weighted by Gasteiger charge is -2.04. The van der Waals surface area contributed by atoms with E-state index in [1.807, 2.05) is 6.92 Å². The van der Waals surface area contributed by atoms with E-state index in [1.54, 1.807) is 0 Å². The summed E-state index contributed by atoms with van der Waals surface area (Å²) in [5.41, 5.74) is 5.22. The van der Waals surface area contributed by atoms with Crippen molar-refractivity contribution in [1.29, 1.82) is 0 Å². The van der Waals surface area contributed by atoms with E-state index in [1.165, 1.54) is 0 Å². The van der Waals surface area contributed by atoms with Gasteiger partial charge in [0.2, 0.25) is 5.91 Å². The van der Waals surface area contributed by atoms with E-state index in [9.17, 15) is 4.79 Å². The van der Waals surface area contributed by atoms with Gasteiger partial charge in [0.1, 0.15) is 5.84 Å². The van der Waals surface area contributed by atoms with Gasteiger partial charge in [-0.2, -0.15) is 0 Å². The van der Waals surface area contributed by atoms with Crippen LogP contribution in [0.5, 0.6) is 0 Å². The van der Waals surface area contributed by atoms with Gasteiger partial charge in [-0.25, -0.2) is 0 Å². The molecule has 0 saturated heterocycles. The molecule has 0 aromatic carbocycles. The molecule has 0 aromatic rings. The van der Waals surface area contributed by atoms with Gasteiger partial charge in [0.05, 0.1) is 6.61 Å². The predicted octanol–water partition coefficient (Wildman–Crippen LogP) is 0.0558. The number of nitrogens with two attached hydrogens (primary N) is 1. The van der Waals surface area contributed by atoms with Gasteiger partial charge in [-0.05, 0) is 6.42 Å². The molecule has 0 bridgehead atoms. The third-order valence-electron chi connectivity index (χ3n) is 1.65. The van der Waals surface area contributed by atoms with Crippen LogP contribution in [0.2, 0.25) is 0 Å². The highest BCUT2D eigenvalue weighted by Crippen LogP contribution is 1.86. The van der Waals surface area contributed by atoms with Crippen molar-refractivity contribution in [2.75, 3.05) is 19.8 Å². The summed E-state index contributed by atoms with van der Waals surface area (Å²) in [5, 5.41) is 13.7. The molecule has 0 spiro atoms. The largest absolute Gasteiger partial charge is 0.409 e. The lowest BCUT2D eigenvalue weighted by atomic mass is 10.3. The number of nitrogens with zero attached hydrogens (tertiary/aromatic N) is 1. The first-order valence-corrected chi connectivity index (χ1v) is 5.01. The Hall–Kier alpha value is -1.30. The SMILES string of the molecule is CCCOCCC(=O)NCCC(N)=NO. The van der Waals surface area contributed by atoms with Gasteiger partial charge in [-0.1, -0.05) is 12.1 Å². The number of carbonyl (C=O) groups excluding carboxylic acids is 1. The fourth-order valence-corrected chi connectivity index (χ4v) is 0.880. The van der Waals surface area contributed by atoms with Crippen LogP contribution < -0.4 is 11.1 Å². The second kappa shape index (κ2) is 9.26. The van der Waals surface area contributed by atoms with Gasteiger partial charge in [0.25, 0.3) is 0 Å². The van der Waals surface area contributed by atoms with E-state index in [0.717, 1.165) is 6.42 Å². The molecule has 0 atom stereocenters. The average Bonchev–Trinajstić information content (AvgIpc) is 2.24. The molecule has 6 heteroatoms. The highest BCUT2D eigenvalue weighted by molar-refractivity contribution is 5.81. The minimum absolute atomic E-state index is 0.0863. The minimum atomic E-state index is -0.0863. The number of amidine groups is 1. The third-order valence-corrected chi connectivity index (χ3v) is 1.65. The van der Waals surface area contributed by atoms with Gasteiger partial charge in [0, 0.05) is 26.0 Å².